The molecule has 0 aliphatic carbocycles. The Morgan fingerprint density at radius 1 is 0.783 bits per heavy atom. The van der Waals surface area contributed by atoms with Crippen molar-refractivity contribution < 1.29 is 0 Å². The molecule has 3 rings (SSSR count). The normalized spacial score (nSPS) is 11.0. The van der Waals surface area contributed by atoms with Gasteiger partial charge in [-0.3, -0.25) is 0 Å². The number of nitrogens with zero attached hydrogens (tertiary/aromatic N) is 1. The fourth-order valence-corrected chi connectivity index (χ4v) is 2.66. The van der Waals surface area contributed by atoms with Gasteiger partial charge in [0.15, 0.2) is 0 Å². The topological polar surface area (TPSA) is 23.8 Å². The lowest BCUT2D eigenvalue weighted by Crippen LogP contribution is -1.84. The van der Waals surface area contributed by atoms with E-state index in [1.54, 1.807) is 6.07 Å². The third-order valence-electron chi connectivity index (χ3n) is 3.61. The Morgan fingerprint density at radius 2 is 1.39 bits per heavy atom. The quantitative estimate of drug-likeness (QED) is 0.425. The molecule has 3 aromatic carbocycles. The highest BCUT2D eigenvalue weighted by Gasteiger charge is 2.05. The standard InChI is InChI=1S/C21H14ClN/c22-21-9-5-4-8-20(21)19(15-23)14-16-10-12-18(13-11-16)17-6-2-1-3-7-17/h1-14H. The fourth-order valence-electron chi connectivity index (χ4n) is 2.42. The van der Waals surface area contributed by atoms with E-state index in [1.165, 1.54) is 5.56 Å². The lowest BCUT2D eigenvalue weighted by Gasteiger charge is -2.04. The summed E-state index contributed by atoms with van der Waals surface area (Å²) < 4.78 is 0. The first-order chi connectivity index (χ1) is 11.3. The van der Waals surface area contributed by atoms with Crippen LogP contribution in [0.1, 0.15) is 11.1 Å². The maximum atomic E-state index is 9.42. The minimum Gasteiger partial charge on any atom is -0.192 e. The molecule has 0 saturated carbocycles. The number of allylic oxidation sites excluding steroid dienone is 1. The van der Waals surface area contributed by atoms with E-state index in [9.17, 15) is 5.26 Å². The average Bonchev–Trinajstić information content (AvgIpc) is 2.62. The van der Waals surface area contributed by atoms with Gasteiger partial charge in [-0.05, 0) is 28.8 Å². The van der Waals surface area contributed by atoms with Gasteiger partial charge in [-0.1, -0.05) is 84.4 Å². The van der Waals surface area contributed by atoms with Gasteiger partial charge in [0.1, 0.15) is 0 Å². The van der Waals surface area contributed by atoms with Crippen molar-refractivity contribution in [3.8, 4) is 17.2 Å². The van der Waals surface area contributed by atoms with Gasteiger partial charge in [0, 0.05) is 10.6 Å². The Morgan fingerprint density at radius 3 is 2.04 bits per heavy atom. The molecule has 0 N–H and O–H groups in total. The Balaban J connectivity index is 1.93. The molecule has 0 saturated heterocycles. The highest BCUT2D eigenvalue weighted by atomic mass is 35.5. The number of nitriles is 1. The molecule has 0 bridgehead atoms. The third-order valence-corrected chi connectivity index (χ3v) is 3.94. The molecule has 0 fully saturated rings. The second-order valence-electron chi connectivity index (χ2n) is 5.14. The van der Waals surface area contributed by atoms with Crippen LogP contribution in [0.25, 0.3) is 22.8 Å². The summed E-state index contributed by atoms with van der Waals surface area (Å²) in [5.74, 6) is 0. The van der Waals surface area contributed by atoms with E-state index < -0.39 is 0 Å². The van der Waals surface area contributed by atoms with Gasteiger partial charge < -0.3 is 0 Å². The maximum Gasteiger partial charge on any atom is 0.0998 e. The SMILES string of the molecule is N#CC(=Cc1ccc(-c2ccccc2)cc1)c1ccccc1Cl. The van der Waals surface area contributed by atoms with Crippen molar-refractivity contribution in [3.05, 3.63) is 95.0 Å². The minimum absolute atomic E-state index is 0.558. The first-order valence-corrected chi connectivity index (χ1v) is 7.68. The van der Waals surface area contributed by atoms with Gasteiger partial charge in [-0.2, -0.15) is 5.26 Å². The van der Waals surface area contributed by atoms with Gasteiger partial charge in [-0.25, -0.2) is 0 Å². The van der Waals surface area contributed by atoms with Gasteiger partial charge in [0.05, 0.1) is 11.6 Å². The third kappa shape index (κ3) is 3.51. The molecule has 2 heteroatoms. The molecule has 23 heavy (non-hydrogen) atoms. The van der Waals surface area contributed by atoms with E-state index in [4.69, 9.17) is 11.6 Å². The summed E-state index contributed by atoms with van der Waals surface area (Å²) in [6.45, 7) is 0. The second-order valence-corrected chi connectivity index (χ2v) is 5.54. The highest BCUT2D eigenvalue weighted by Crippen LogP contribution is 2.26. The number of hydrogen-bond acceptors (Lipinski definition) is 1. The molecule has 3 aromatic rings. The van der Waals surface area contributed by atoms with Crippen LogP contribution in [-0.4, -0.2) is 0 Å². The van der Waals surface area contributed by atoms with Crippen molar-refractivity contribution in [1.82, 2.24) is 0 Å². The van der Waals surface area contributed by atoms with Crippen LogP contribution in [0, 0.1) is 11.3 Å². The van der Waals surface area contributed by atoms with Crippen molar-refractivity contribution in [2.75, 3.05) is 0 Å². The molecule has 0 atom stereocenters. The first-order valence-electron chi connectivity index (χ1n) is 7.30. The highest BCUT2D eigenvalue weighted by molar-refractivity contribution is 6.32. The zero-order chi connectivity index (χ0) is 16.1. The van der Waals surface area contributed by atoms with Crippen molar-refractivity contribution >= 4 is 23.3 Å². The summed E-state index contributed by atoms with van der Waals surface area (Å²) in [7, 11) is 0. The predicted molar refractivity (Wildman–Crippen MR) is 96.8 cm³/mol. The zero-order valence-corrected chi connectivity index (χ0v) is 13.2. The molecule has 110 valence electrons. The summed E-state index contributed by atoms with van der Waals surface area (Å²) in [5.41, 5.74) is 4.61. The van der Waals surface area contributed by atoms with Crippen molar-refractivity contribution in [2.24, 2.45) is 0 Å². The molecule has 1 nitrogen and oxygen atoms in total. The molecule has 0 spiro atoms. The summed E-state index contributed by atoms with van der Waals surface area (Å²) >= 11 is 6.18. The molecule has 0 aromatic heterocycles. The van der Waals surface area contributed by atoms with Crippen molar-refractivity contribution in [2.45, 2.75) is 0 Å². The van der Waals surface area contributed by atoms with Crippen molar-refractivity contribution in [3.63, 3.8) is 0 Å². The monoisotopic (exact) mass is 315 g/mol. The van der Waals surface area contributed by atoms with Crippen LogP contribution in [0.5, 0.6) is 0 Å². The number of benzene rings is 3. The van der Waals surface area contributed by atoms with E-state index in [2.05, 4.69) is 30.3 Å². The van der Waals surface area contributed by atoms with Crippen LogP contribution in [0.2, 0.25) is 5.02 Å². The predicted octanol–water partition coefficient (Wildman–Crippen LogP) is 6.07. The molecular formula is C21H14ClN. The van der Waals surface area contributed by atoms with E-state index >= 15 is 0 Å². The number of rotatable bonds is 3. The second kappa shape index (κ2) is 6.96. The Kier molecular flexibility index (Phi) is 4.57. The summed E-state index contributed by atoms with van der Waals surface area (Å²) in [6, 6.07) is 28.0. The Hall–Kier alpha value is -2.82. The largest absolute Gasteiger partial charge is 0.192 e. The minimum atomic E-state index is 0.558. The summed E-state index contributed by atoms with van der Waals surface area (Å²) in [6.07, 6.45) is 1.86. The number of hydrogen-bond donors (Lipinski definition) is 0. The van der Waals surface area contributed by atoms with Crippen LogP contribution in [0.15, 0.2) is 78.9 Å². The summed E-state index contributed by atoms with van der Waals surface area (Å²) in [4.78, 5) is 0. The molecule has 0 amide bonds. The van der Waals surface area contributed by atoms with E-state index in [0.29, 0.717) is 10.6 Å². The van der Waals surface area contributed by atoms with Gasteiger partial charge in [0.2, 0.25) is 0 Å². The smallest absolute Gasteiger partial charge is 0.0998 e. The molecule has 0 unspecified atom stereocenters. The maximum absolute atomic E-state index is 9.42. The first kappa shape index (κ1) is 15.1. The molecule has 0 radical (unpaired) electrons. The van der Waals surface area contributed by atoms with E-state index in [1.807, 2.05) is 54.6 Å². The van der Waals surface area contributed by atoms with Crippen LogP contribution in [-0.2, 0) is 0 Å². The number of halogens is 1. The Bertz CT molecular complexity index is 872. The van der Waals surface area contributed by atoms with Gasteiger partial charge >= 0.3 is 0 Å². The zero-order valence-electron chi connectivity index (χ0n) is 12.4. The average molecular weight is 316 g/mol. The van der Waals surface area contributed by atoms with Gasteiger partial charge in [-0.15, -0.1) is 0 Å². The van der Waals surface area contributed by atoms with E-state index in [0.717, 1.165) is 16.7 Å². The lowest BCUT2D eigenvalue weighted by molar-refractivity contribution is 1.52. The Labute approximate surface area is 141 Å². The summed E-state index contributed by atoms with van der Waals surface area (Å²) in [5, 5.41) is 10.0. The lowest BCUT2D eigenvalue weighted by atomic mass is 10.0. The van der Waals surface area contributed by atoms with Crippen LogP contribution in [0.3, 0.4) is 0 Å². The fraction of sp³-hybridized carbons (Fsp3) is 0. The van der Waals surface area contributed by atoms with Crippen LogP contribution in [0.4, 0.5) is 0 Å². The van der Waals surface area contributed by atoms with Crippen molar-refractivity contribution in [1.29, 1.82) is 5.26 Å². The van der Waals surface area contributed by atoms with Crippen LogP contribution >= 0.6 is 11.6 Å². The molecule has 0 heterocycles. The molecule has 0 aliphatic heterocycles. The van der Waals surface area contributed by atoms with E-state index in [-0.39, 0.29) is 0 Å². The molecule has 0 aliphatic rings. The van der Waals surface area contributed by atoms with Gasteiger partial charge in [0.25, 0.3) is 0 Å². The van der Waals surface area contributed by atoms with Crippen LogP contribution < -0.4 is 0 Å². The molecular weight excluding hydrogens is 302 g/mol.